The number of rotatable bonds is 2. The molecular formula is C7H7F2N2O. The van der Waals surface area contributed by atoms with Gasteiger partial charge in [0.15, 0.2) is 0 Å². The standard InChI is InChI=1S/C7H7F2N2O/c1-7(8,9)5-3-4-10-11-6(5)12-2/h3H,1-2H3. The number of hydrogen-bond donors (Lipinski definition) is 0. The maximum Gasteiger partial charge on any atom is 0.275 e. The zero-order valence-electron chi connectivity index (χ0n) is 6.64. The second kappa shape index (κ2) is 3.00. The van der Waals surface area contributed by atoms with Gasteiger partial charge in [0.2, 0.25) is 5.88 Å². The Morgan fingerprint density at radius 1 is 1.58 bits per heavy atom. The third kappa shape index (κ3) is 1.66. The number of ether oxygens (including phenoxy) is 1. The first-order valence-electron chi connectivity index (χ1n) is 3.21. The van der Waals surface area contributed by atoms with Crippen molar-refractivity contribution in [3.05, 3.63) is 17.8 Å². The van der Waals surface area contributed by atoms with E-state index in [-0.39, 0.29) is 11.4 Å². The van der Waals surface area contributed by atoms with E-state index in [2.05, 4.69) is 21.1 Å². The van der Waals surface area contributed by atoms with Gasteiger partial charge in [-0.25, -0.2) is 8.78 Å². The first-order valence-corrected chi connectivity index (χ1v) is 3.21. The minimum absolute atomic E-state index is 0.166. The number of alkyl halides is 2. The second-order valence-electron chi connectivity index (χ2n) is 2.28. The minimum Gasteiger partial charge on any atom is -0.480 e. The highest BCUT2D eigenvalue weighted by Crippen LogP contribution is 2.31. The molecule has 0 aliphatic heterocycles. The molecule has 5 heteroatoms. The highest BCUT2D eigenvalue weighted by atomic mass is 19.3. The summed E-state index contributed by atoms with van der Waals surface area (Å²) >= 11 is 0. The predicted molar refractivity (Wildman–Crippen MR) is 37.0 cm³/mol. The van der Waals surface area contributed by atoms with Gasteiger partial charge in [-0.1, -0.05) is 0 Å². The third-order valence-electron chi connectivity index (χ3n) is 1.30. The van der Waals surface area contributed by atoms with E-state index in [1.807, 2.05) is 0 Å². The van der Waals surface area contributed by atoms with Crippen LogP contribution in [0.5, 0.6) is 5.88 Å². The molecular weight excluding hydrogens is 166 g/mol. The Hall–Kier alpha value is -1.26. The fraction of sp³-hybridized carbons (Fsp3) is 0.429. The predicted octanol–water partition coefficient (Wildman–Crippen LogP) is 1.40. The summed E-state index contributed by atoms with van der Waals surface area (Å²) in [5.74, 6) is -3.14. The van der Waals surface area contributed by atoms with E-state index in [4.69, 9.17) is 0 Å². The molecule has 0 bridgehead atoms. The zero-order valence-corrected chi connectivity index (χ0v) is 6.64. The minimum atomic E-state index is -2.97. The molecule has 1 heterocycles. The van der Waals surface area contributed by atoms with E-state index in [1.54, 1.807) is 0 Å². The summed E-state index contributed by atoms with van der Waals surface area (Å²) < 4.78 is 30.1. The van der Waals surface area contributed by atoms with Crippen molar-refractivity contribution in [1.82, 2.24) is 10.2 Å². The Kier molecular flexibility index (Phi) is 2.21. The highest BCUT2D eigenvalue weighted by molar-refractivity contribution is 5.26. The van der Waals surface area contributed by atoms with E-state index >= 15 is 0 Å². The van der Waals surface area contributed by atoms with Crippen LogP contribution in [0.25, 0.3) is 0 Å². The lowest BCUT2D eigenvalue weighted by Gasteiger charge is -2.11. The van der Waals surface area contributed by atoms with Crippen LogP contribution in [0.1, 0.15) is 12.5 Å². The van der Waals surface area contributed by atoms with Gasteiger partial charge < -0.3 is 4.74 Å². The average Bonchev–Trinajstić information content (AvgIpc) is 2.03. The van der Waals surface area contributed by atoms with Gasteiger partial charge in [-0.2, -0.15) is 0 Å². The fourth-order valence-corrected chi connectivity index (χ4v) is 0.749. The number of methoxy groups -OCH3 is 1. The van der Waals surface area contributed by atoms with E-state index < -0.39 is 5.92 Å². The Bertz CT molecular complexity index is 272. The van der Waals surface area contributed by atoms with Gasteiger partial charge in [0.05, 0.1) is 12.7 Å². The Balaban J connectivity index is 3.14. The molecule has 0 aromatic carbocycles. The van der Waals surface area contributed by atoms with Gasteiger partial charge in [0.1, 0.15) is 6.20 Å². The van der Waals surface area contributed by atoms with Crippen molar-refractivity contribution < 1.29 is 13.5 Å². The number of aromatic nitrogens is 2. The first-order chi connectivity index (χ1) is 5.55. The van der Waals surface area contributed by atoms with E-state index in [9.17, 15) is 8.78 Å². The Morgan fingerprint density at radius 3 is 2.67 bits per heavy atom. The van der Waals surface area contributed by atoms with Gasteiger partial charge >= 0.3 is 0 Å². The fourth-order valence-electron chi connectivity index (χ4n) is 0.749. The van der Waals surface area contributed by atoms with Gasteiger partial charge in [-0.3, -0.25) is 0 Å². The molecule has 65 valence electrons. The van der Waals surface area contributed by atoms with Crippen LogP contribution in [0.2, 0.25) is 0 Å². The molecule has 12 heavy (non-hydrogen) atoms. The number of halogens is 2. The maximum atomic E-state index is 12.7. The van der Waals surface area contributed by atoms with E-state index in [0.717, 1.165) is 13.0 Å². The van der Waals surface area contributed by atoms with Crippen molar-refractivity contribution in [3.8, 4) is 5.88 Å². The van der Waals surface area contributed by atoms with Crippen LogP contribution < -0.4 is 4.74 Å². The summed E-state index contributed by atoms with van der Waals surface area (Å²) in [6, 6.07) is 1.06. The van der Waals surface area contributed by atoms with Gasteiger partial charge in [-0.15, -0.1) is 10.2 Å². The molecule has 0 saturated carbocycles. The largest absolute Gasteiger partial charge is 0.480 e. The monoisotopic (exact) mass is 173 g/mol. The van der Waals surface area contributed by atoms with E-state index in [0.29, 0.717) is 0 Å². The molecule has 0 aliphatic carbocycles. The molecule has 0 atom stereocenters. The Labute approximate surface area is 68.4 Å². The van der Waals surface area contributed by atoms with Crippen LogP contribution in [-0.2, 0) is 5.92 Å². The molecule has 1 rings (SSSR count). The van der Waals surface area contributed by atoms with Crippen LogP contribution in [0.3, 0.4) is 0 Å². The van der Waals surface area contributed by atoms with Gasteiger partial charge in [0, 0.05) is 6.92 Å². The average molecular weight is 173 g/mol. The summed E-state index contributed by atoms with van der Waals surface area (Å²) in [4.78, 5) is 0. The molecule has 0 fully saturated rings. The lowest BCUT2D eigenvalue weighted by atomic mass is 10.2. The van der Waals surface area contributed by atoms with Crippen LogP contribution in [0.15, 0.2) is 6.07 Å². The summed E-state index contributed by atoms with van der Waals surface area (Å²) in [7, 11) is 1.26. The molecule has 1 radical (unpaired) electrons. The number of hydrogen-bond acceptors (Lipinski definition) is 3. The molecule has 0 spiro atoms. The van der Waals surface area contributed by atoms with Crippen LogP contribution >= 0.6 is 0 Å². The molecule has 0 unspecified atom stereocenters. The second-order valence-corrected chi connectivity index (χ2v) is 2.28. The van der Waals surface area contributed by atoms with Crippen molar-refractivity contribution in [1.29, 1.82) is 0 Å². The summed E-state index contributed by atoms with van der Waals surface area (Å²) in [6.45, 7) is 0.764. The van der Waals surface area contributed by atoms with Crippen molar-refractivity contribution in [3.63, 3.8) is 0 Å². The van der Waals surface area contributed by atoms with Gasteiger partial charge in [-0.05, 0) is 6.07 Å². The maximum absolute atomic E-state index is 12.7. The quantitative estimate of drug-likeness (QED) is 0.678. The molecule has 0 N–H and O–H groups in total. The SMILES string of the molecule is COc1nn[c]cc1C(C)(F)F. The third-order valence-corrected chi connectivity index (χ3v) is 1.30. The van der Waals surface area contributed by atoms with Crippen molar-refractivity contribution >= 4 is 0 Å². The lowest BCUT2D eigenvalue weighted by molar-refractivity contribution is 0.0142. The first kappa shape index (κ1) is 8.83. The van der Waals surface area contributed by atoms with Crippen molar-refractivity contribution in [2.24, 2.45) is 0 Å². The Morgan fingerprint density at radius 2 is 2.25 bits per heavy atom. The normalized spacial score (nSPS) is 11.3. The van der Waals surface area contributed by atoms with Gasteiger partial charge in [0.25, 0.3) is 5.92 Å². The summed E-state index contributed by atoms with van der Waals surface area (Å²) in [6.07, 6.45) is 2.22. The molecule has 3 nitrogen and oxygen atoms in total. The van der Waals surface area contributed by atoms with Crippen molar-refractivity contribution in [2.45, 2.75) is 12.8 Å². The van der Waals surface area contributed by atoms with Crippen LogP contribution in [0.4, 0.5) is 8.78 Å². The van der Waals surface area contributed by atoms with Crippen molar-refractivity contribution in [2.75, 3.05) is 7.11 Å². The van der Waals surface area contributed by atoms with Crippen LogP contribution in [0, 0.1) is 6.20 Å². The zero-order chi connectivity index (χ0) is 9.19. The number of nitrogens with zero attached hydrogens (tertiary/aromatic N) is 2. The summed E-state index contributed by atoms with van der Waals surface area (Å²) in [5, 5.41) is 6.65. The van der Waals surface area contributed by atoms with E-state index in [1.165, 1.54) is 7.11 Å². The highest BCUT2D eigenvalue weighted by Gasteiger charge is 2.29. The molecule has 1 aromatic rings. The molecule has 0 saturated heterocycles. The molecule has 1 aromatic heterocycles. The molecule has 0 aliphatic rings. The smallest absolute Gasteiger partial charge is 0.275 e. The summed E-state index contributed by atoms with van der Waals surface area (Å²) in [5.41, 5.74) is -0.306. The molecule has 0 amide bonds. The van der Waals surface area contributed by atoms with Crippen LogP contribution in [-0.4, -0.2) is 17.3 Å². The lowest BCUT2D eigenvalue weighted by Crippen LogP contribution is -2.10. The topological polar surface area (TPSA) is 35.0 Å².